The van der Waals surface area contributed by atoms with Crippen LogP contribution in [0.1, 0.15) is 24.0 Å². The molecule has 1 aromatic rings. The van der Waals surface area contributed by atoms with E-state index in [0.717, 1.165) is 5.56 Å². The number of carbonyl (C=O) groups excluding carboxylic acids is 1. The average molecular weight is 273 g/mol. The highest BCUT2D eigenvalue weighted by Crippen LogP contribution is 2.17. The van der Waals surface area contributed by atoms with Crippen LogP contribution in [0.2, 0.25) is 0 Å². The third-order valence-corrected chi connectivity index (χ3v) is 3.30. The summed E-state index contributed by atoms with van der Waals surface area (Å²) >= 11 is 0. The number of rotatable bonds is 3. The first-order chi connectivity index (χ1) is 9.61. The first-order valence-corrected chi connectivity index (χ1v) is 6.38. The van der Waals surface area contributed by atoms with Gasteiger partial charge in [-0.2, -0.15) is 5.26 Å². The van der Waals surface area contributed by atoms with Gasteiger partial charge >= 0.3 is 12.0 Å². The van der Waals surface area contributed by atoms with Gasteiger partial charge in [-0.15, -0.1) is 0 Å². The summed E-state index contributed by atoms with van der Waals surface area (Å²) < 4.78 is 0. The zero-order chi connectivity index (χ0) is 14.5. The zero-order valence-electron chi connectivity index (χ0n) is 10.9. The maximum Gasteiger partial charge on any atom is 0.326 e. The number of aliphatic carboxylic acids is 1. The van der Waals surface area contributed by atoms with Crippen molar-refractivity contribution < 1.29 is 14.7 Å². The van der Waals surface area contributed by atoms with Crippen LogP contribution in [0.5, 0.6) is 0 Å². The van der Waals surface area contributed by atoms with Crippen molar-refractivity contribution in [3.05, 3.63) is 35.4 Å². The van der Waals surface area contributed by atoms with Crippen LogP contribution in [0.25, 0.3) is 0 Å². The van der Waals surface area contributed by atoms with Crippen molar-refractivity contribution in [1.29, 1.82) is 5.26 Å². The number of hydrogen-bond donors (Lipinski definition) is 2. The van der Waals surface area contributed by atoms with Crippen molar-refractivity contribution in [2.24, 2.45) is 0 Å². The van der Waals surface area contributed by atoms with E-state index >= 15 is 0 Å². The second-order valence-electron chi connectivity index (χ2n) is 4.66. The highest BCUT2D eigenvalue weighted by Gasteiger charge is 2.33. The Morgan fingerprint density at radius 2 is 2.30 bits per heavy atom. The quantitative estimate of drug-likeness (QED) is 0.868. The molecule has 0 aromatic heterocycles. The lowest BCUT2D eigenvalue weighted by molar-refractivity contribution is -0.141. The smallest absolute Gasteiger partial charge is 0.326 e. The molecule has 1 unspecified atom stereocenters. The molecule has 1 aliphatic heterocycles. The molecule has 0 radical (unpaired) electrons. The number of nitrogens with zero attached hydrogens (tertiary/aromatic N) is 2. The summed E-state index contributed by atoms with van der Waals surface area (Å²) in [6.45, 7) is 0.734. The molecule has 0 aliphatic carbocycles. The normalized spacial score (nSPS) is 17.6. The van der Waals surface area contributed by atoms with Crippen molar-refractivity contribution >= 4 is 12.0 Å². The van der Waals surface area contributed by atoms with Gasteiger partial charge in [0.15, 0.2) is 0 Å². The topological polar surface area (TPSA) is 93.4 Å². The molecule has 1 atom stereocenters. The maximum atomic E-state index is 12.0. The molecule has 20 heavy (non-hydrogen) atoms. The minimum atomic E-state index is -0.968. The van der Waals surface area contributed by atoms with Crippen LogP contribution in [0.3, 0.4) is 0 Å². The predicted molar refractivity (Wildman–Crippen MR) is 70.8 cm³/mol. The Morgan fingerprint density at radius 3 is 3.00 bits per heavy atom. The molecule has 1 aliphatic rings. The van der Waals surface area contributed by atoms with Gasteiger partial charge in [0.05, 0.1) is 11.6 Å². The van der Waals surface area contributed by atoms with Gasteiger partial charge in [0.25, 0.3) is 0 Å². The lowest BCUT2D eigenvalue weighted by Crippen LogP contribution is -2.45. The third kappa shape index (κ3) is 3.06. The summed E-state index contributed by atoms with van der Waals surface area (Å²) in [5, 5.41) is 20.5. The van der Waals surface area contributed by atoms with Crippen LogP contribution >= 0.6 is 0 Å². The van der Waals surface area contributed by atoms with Gasteiger partial charge in [0.2, 0.25) is 0 Å². The minimum Gasteiger partial charge on any atom is -0.480 e. The zero-order valence-corrected chi connectivity index (χ0v) is 10.9. The molecule has 2 rings (SSSR count). The summed E-state index contributed by atoms with van der Waals surface area (Å²) in [4.78, 5) is 24.3. The highest BCUT2D eigenvalue weighted by molar-refractivity contribution is 5.83. The fraction of sp³-hybridized carbons (Fsp3) is 0.357. The van der Waals surface area contributed by atoms with Crippen LogP contribution < -0.4 is 5.32 Å². The van der Waals surface area contributed by atoms with E-state index in [-0.39, 0.29) is 12.6 Å². The molecule has 6 nitrogen and oxygen atoms in total. The SMILES string of the molecule is N#Cc1cccc(CNC(=O)N2CCCC2C(=O)O)c1. The number of likely N-dealkylation sites (tertiary alicyclic amines) is 1. The standard InChI is InChI=1S/C14H15N3O3/c15-8-10-3-1-4-11(7-10)9-16-14(20)17-6-2-5-12(17)13(18)19/h1,3-4,7,12H,2,5-6,9H2,(H,16,20)(H,18,19). The van der Waals surface area contributed by atoms with E-state index < -0.39 is 12.0 Å². The Balaban J connectivity index is 1.95. The number of nitriles is 1. The van der Waals surface area contributed by atoms with E-state index in [1.165, 1.54) is 4.90 Å². The van der Waals surface area contributed by atoms with Crippen LogP contribution in [0.15, 0.2) is 24.3 Å². The summed E-state index contributed by atoms with van der Waals surface area (Å²) in [6.07, 6.45) is 1.20. The van der Waals surface area contributed by atoms with Crippen molar-refractivity contribution in [2.75, 3.05) is 6.54 Å². The fourth-order valence-electron chi connectivity index (χ4n) is 2.30. The molecule has 1 heterocycles. The van der Waals surface area contributed by atoms with E-state index in [1.807, 2.05) is 6.07 Å². The average Bonchev–Trinajstić information content (AvgIpc) is 2.94. The van der Waals surface area contributed by atoms with Crippen molar-refractivity contribution in [1.82, 2.24) is 10.2 Å². The van der Waals surface area contributed by atoms with Crippen molar-refractivity contribution in [2.45, 2.75) is 25.4 Å². The molecule has 104 valence electrons. The predicted octanol–water partition coefficient (Wildman–Crippen LogP) is 1.32. The Bertz CT molecular complexity index is 565. The second-order valence-corrected chi connectivity index (χ2v) is 4.66. The van der Waals surface area contributed by atoms with E-state index in [2.05, 4.69) is 5.32 Å². The largest absolute Gasteiger partial charge is 0.480 e. The van der Waals surface area contributed by atoms with Gasteiger partial charge in [-0.3, -0.25) is 0 Å². The summed E-state index contributed by atoms with van der Waals surface area (Å²) in [5.74, 6) is -0.968. The molecular weight excluding hydrogens is 258 g/mol. The Morgan fingerprint density at radius 1 is 1.50 bits per heavy atom. The molecule has 0 spiro atoms. The van der Waals surface area contributed by atoms with Crippen LogP contribution in [0, 0.1) is 11.3 Å². The summed E-state index contributed by atoms with van der Waals surface area (Å²) in [6, 6.07) is 7.85. The number of amides is 2. The molecule has 6 heteroatoms. The molecule has 1 fully saturated rings. The van der Waals surface area contributed by atoms with Gasteiger partial charge in [-0.05, 0) is 30.5 Å². The van der Waals surface area contributed by atoms with Crippen molar-refractivity contribution in [3.8, 4) is 6.07 Å². The molecule has 0 bridgehead atoms. The number of carboxylic acids is 1. The lowest BCUT2D eigenvalue weighted by atomic mass is 10.1. The monoisotopic (exact) mass is 273 g/mol. The van der Waals surface area contributed by atoms with Crippen LogP contribution in [-0.4, -0.2) is 34.6 Å². The van der Waals surface area contributed by atoms with Gasteiger partial charge in [0.1, 0.15) is 6.04 Å². The van der Waals surface area contributed by atoms with Gasteiger partial charge in [-0.25, -0.2) is 9.59 Å². The second kappa shape index (κ2) is 6.06. The first-order valence-electron chi connectivity index (χ1n) is 6.38. The number of carbonyl (C=O) groups is 2. The van der Waals surface area contributed by atoms with Crippen LogP contribution in [0.4, 0.5) is 4.79 Å². The van der Waals surface area contributed by atoms with E-state index in [0.29, 0.717) is 24.9 Å². The van der Waals surface area contributed by atoms with E-state index in [9.17, 15) is 9.59 Å². The molecule has 2 amide bonds. The van der Waals surface area contributed by atoms with Gasteiger partial charge in [-0.1, -0.05) is 12.1 Å². The van der Waals surface area contributed by atoms with E-state index in [4.69, 9.17) is 10.4 Å². The molecular formula is C14H15N3O3. The number of hydrogen-bond acceptors (Lipinski definition) is 3. The number of nitrogens with one attached hydrogen (secondary N) is 1. The minimum absolute atomic E-state index is 0.275. The third-order valence-electron chi connectivity index (χ3n) is 3.30. The summed E-state index contributed by atoms with van der Waals surface area (Å²) in [5.41, 5.74) is 1.34. The van der Waals surface area contributed by atoms with Crippen LogP contribution in [-0.2, 0) is 11.3 Å². The Kier molecular flexibility index (Phi) is 4.20. The molecule has 0 saturated carbocycles. The Labute approximate surface area is 116 Å². The molecule has 1 saturated heterocycles. The first kappa shape index (κ1) is 13.9. The van der Waals surface area contributed by atoms with Gasteiger partial charge in [0, 0.05) is 13.1 Å². The van der Waals surface area contributed by atoms with E-state index in [1.54, 1.807) is 24.3 Å². The number of urea groups is 1. The van der Waals surface area contributed by atoms with Gasteiger partial charge < -0.3 is 15.3 Å². The Hall–Kier alpha value is -2.55. The maximum absolute atomic E-state index is 12.0. The molecule has 1 aromatic carbocycles. The van der Waals surface area contributed by atoms with Crippen molar-refractivity contribution in [3.63, 3.8) is 0 Å². The lowest BCUT2D eigenvalue weighted by Gasteiger charge is -2.21. The fourth-order valence-corrected chi connectivity index (χ4v) is 2.30. The summed E-state index contributed by atoms with van der Waals surface area (Å²) in [7, 11) is 0. The molecule has 2 N–H and O–H groups in total. The number of carboxylic acid groups (broad SMARTS) is 1. The highest BCUT2D eigenvalue weighted by atomic mass is 16.4. The number of benzene rings is 1.